The molecule has 0 aromatic heterocycles. The third kappa shape index (κ3) is 7.49. The summed E-state index contributed by atoms with van der Waals surface area (Å²) in [6.07, 6.45) is 14.7. The monoisotopic (exact) mass is 522 g/mol. The highest BCUT2D eigenvalue weighted by Gasteiger charge is 2.33. The van der Waals surface area contributed by atoms with E-state index in [2.05, 4.69) is 97.0 Å². The van der Waals surface area contributed by atoms with Gasteiger partial charge in [-0.2, -0.15) is 0 Å². The molecule has 38 heavy (non-hydrogen) atoms. The van der Waals surface area contributed by atoms with Crippen molar-refractivity contribution in [3.8, 4) is 5.75 Å². The van der Waals surface area contributed by atoms with Gasteiger partial charge in [-0.3, -0.25) is 0 Å². The van der Waals surface area contributed by atoms with Crippen LogP contribution >= 0.6 is 0 Å². The summed E-state index contributed by atoms with van der Waals surface area (Å²) in [5, 5.41) is 10.5. The first-order valence-corrected chi connectivity index (χ1v) is 14.3. The van der Waals surface area contributed by atoms with Gasteiger partial charge < -0.3 is 19.3 Å². The minimum atomic E-state index is -0.504. The van der Waals surface area contributed by atoms with E-state index in [1.165, 1.54) is 16.7 Å². The quantitative estimate of drug-likeness (QED) is 0.336. The maximum atomic E-state index is 10.5. The van der Waals surface area contributed by atoms with Crippen LogP contribution in [0.1, 0.15) is 79.4 Å². The van der Waals surface area contributed by atoms with Crippen molar-refractivity contribution in [2.45, 2.75) is 92.5 Å². The van der Waals surface area contributed by atoms with Crippen molar-refractivity contribution in [3.63, 3.8) is 0 Å². The average Bonchev–Trinajstić information content (AvgIpc) is 3.04. The second-order valence-electron chi connectivity index (χ2n) is 12.6. The van der Waals surface area contributed by atoms with Gasteiger partial charge in [0.25, 0.3) is 0 Å². The van der Waals surface area contributed by atoms with Gasteiger partial charge in [-0.05, 0) is 68.7 Å². The number of hydrogen-bond donors (Lipinski definition) is 1. The Bertz CT molecular complexity index is 1050. The Morgan fingerprint density at radius 1 is 1.11 bits per heavy atom. The molecule has 4 nitrogen and oxygen atoms in total. The Morgan fingerprint density at radius 2 is 1.76 bits per heavy atom. The van der Waals surface area contributed by atoms with Gasteiger partial charge in [0.1, 0.15) is 5.75 Å². The van der Waals surface area contributed by atoms with E-state index in [-0.39, 0.29) is 22.7 Å². The molecule has 2 unspecified atom stereocenters. The molecule has 210 valence electrons. The van der Waals surface area contributed by atoms with Gasteiger partial charge in [0.2, 0.25) is 0 Å². The molecule has 0 radical (unpaired) electrons. The summed E-state index contributed by atoms with van der Waals surface area (Å²) < 4.78 is 17.8. The first-order chi connectivity index (χ1) is 17.8. The Morgan fingerprint density at radius 3 is 2.34 bits per heavy atom. The molecule has 1 aliphatic carbocycles. The maximum absolute atomic E-state index is 10.5. The normalized spacial score (nSPS) is 21.7. The number of rotatable bonds is 9. The molecular weight excluding hydrogens is 472 g/mol. The largest absolute Gasteiger partial charge is 0.493 e. The summed E-state index contributed by atoms with van der Waals surface area (Å²) in [4.78, 5) is 0. The number of allylic oxidation sites excluding steroid dienone is 7. The van der Waals surface area contributed by atoms with E-state index in [9.17, 15) is 5.11 Å². The topological polar surface area (TPSA) is 47.9 Å². The molecule has 1 heterocycles. The van der Waals surface area contributed by atoms with Gasteiger partial charge in [-0.1, -0.05) is 88.8 Å². The van der Waals surface area contributed by atoms with Crippen LogP contribution in [-0.2, 0) is 14.9 Å². The Labute approximate surface area is 231 Å². The molecule has 1 N–H and O–H groups in total. The van der Waals surface area contributed by atoms with Crippen molar-refractivity contribution in [3.05, 3.63) is 76.9 Å². The average molecular weight is 523 g/mol. The van der Waals surface area contributed by atoms with Gasteiger partial charge in [0, 0.05) is 17.3 Å². The fourth-order valence-electron chi connectivity index (χ4n) is 5.23. The van der Waals surface area contributed by atoms with Crippen LogP contribution in [0.5, 0.6) is 5.75 Å². The summed E-state index contributed by atoms with van der Waals surface area (Å²) in [7, 11) is 0. The number of benzene rings is 1. The van der Waals surface area contributed by atoms with Crippen LogP contribution in [0.25, 0.3) is 0 Å². The van der Waals surface area contributed by atoms with E-state index >= 15 is 0 Å². The Hall–Kier alpha value is -2.14. The van der Waals surface area contributed by atoms with E-state index in [0.29, 0.717) is 19.8 Å². The number of ether oxygens (including phenoxy) is 3. The van der Waals surface area contributed by atoms with Crippen LogP contribution in [0.4, 0.5) is 0 Å². The number of aryl methyl sites for hydroxylation is 1. The summed E-state index contributed by atoms with van der Waals surface area (Å²) in [6, 6.07) is 6.67. The lowest BCUT2D eigenvalue weighted by Gasteiger charge is -2.35. The van der Waals surface area contributed by atoms with Crippen molar-refractivity contribution in [2.75, 3.05) is 19.8 Å². The van der Waals surface area contributed by atoms with Crippen molar-refractivity contribution in [1.29, 1.82) is 0 Å². The van der Waals surface area contributed by atoms with Crippen LogP contribution in [0.15, 0.2) is 65.8 Å². The van der Waals surface area contributed by atoms with E-state index in [4.69, 9.17) is 14.2 Å². The second-order valence-corrected chi connectivity index (χ2v) is 12.6. The summed E-state index contributed by atoms with van der Waals surface area (Å²) in [5.74, 6) is 0.804. The third-order valence-electron chi connectivity index (χ3n) is 8.03. The van der Waals surface area contributed by atoms with Crippen molar-refractivity contribution >= 4 is 0 Å². The highest BCUT2D eigenvalue weighted by Crippen LogP contribution is 2.42. The summed E-state index contributed by atoms with van der Waals surface area (Å²) in [6.45, 7) is 20.8. The smallest absolute Gasteiger partial charge is 0.162 e. The minimum absolute atomic E-state index is 0.0882. The van der Waals surface area contributed by atoms with Gasteiger partial charge in [-0.15, -0.1) is 0 Å². The molecule has 1 aromatic carbocycles. The molecule has 0 amide bonds. The fraction of sp³-hybridized carbons (Fsp3) is 0.588. The Kier molecular flexibility index (Phi) is 9.89. The number of aliphatic hydroxyl groups is 1. The maximum Gasteiger partial charge on any atom is 0.162 e. The Balaban J connectivity index is 1.79. The fourth-order valence-corrected chi connectivity index (χ4v) is 5.23. The van der Waals surface area contributed by atoms with Gasteiger partial charge in [-0.25, -0.2) is 0 Å². The van der Waals surface area contributed by atoms with Crippen LogP contribution in [0.2, 0.25) is 0 Å². The van der Waals surface area contributed by atoms with Gasteiger partial charge >= 0.3 is 0 Å². The molecule has 2 aliphatic rings. The van der Waals surface area contributed by atoms with Gasteiger partial charge in [0.15, 0.2) is 5.79 Å². The van der Waals surface area contributed by atoms with E-state index in [1.807, 2.05) is 19.9 Å². The molecule has 0 bridgehead atoms. The molecule has 0 saturated carbocycles. The number of aliphatic hydroxyl groups excluding tert-OH is 1. The molecule has 1 fully saturated rings. The highest BCUT2D eigenvalue weighted by atomic mass is 16.7. The molecule has 0 spiro atoms. The molecule has 1 aliphatic heterocycles. The predicted octanol–water partition coefficient (Wildman–Crippen LogP) is 7.85. The molecular formula is C34H50O4. The predicted molar refractivity (Wildman–Crippen MR) is 157 cm³/mol. The van der Waals surface area contributed by atoms with Crippen LogP contribution < -0.4 is 4.74 Å². The second kappa shape index (κ2) is 12.4. The zero-order chi connectivity index (χ0) is 28.1. The van der Waals surface area contributed by atoms with Crippen molar-refractivity contribution in [2.24, 2.45) is 17.3 Å². The van der Waals surface area contributed by atoms with E-state index < -0.39 is 11.9 Å². The van der Waals surface area contributed by atoms with Crippen LogP contribution in [0.3, 0.4) is 0 Å². The lowest BCUT2D eigenvalue weighted by Crippen LogP contribution is -2.41. The summed E-state index contributed by atoms with van der Waals surface area (Å²) in [5.41, 5.74) is 4.78. The SMILES string of the molecule is CCC(CC)(C1=CC(C)=CC(/C=C/C(O)C(C)(C)C)C=C1)c1ccc(OCC2COC(C)(C)OC2)c(C)c1. The highest BCUT2D eigenvalue weighted by molar-refractivity contribution is 5.50. The van der Waals surface area contributed by atoms with Crippen LogP contribution in [-0.4, -0.2) is 36.8 Å². The molecule has 3 rings (SSSR count). The molecule has 4 heteroatoms. The first-order valence-electron chi connectivity index (χ1n) is 14.3. The standard InChI is InChI=1S/C34H50O4/c1-10-34(11-2,28-14-12-26(18-24(3)19-28)13-17-31(35)32(5,6)7)29-15-16-30(25(4)20-29)36-21-27-22-37-33(8,9)38-23-27/h12-20,26-27,31,35H,10-11,21-23H2,1-9H3/b17-13+. The van der Waals surface area contributed by atoms with Crippen molar-refractivity contribution in [1.82, 2.24) is 0 Å². The third-order valence-corrected chi connectivity index (χ3v) is 8.03. The zero-order valence-electron chi connectivity index (χ0n) is 25.1. The van der Waals surface area contributed by atoms with E-state index in [1.54, 1.807) is 0 Å². The van der Waals surface area contributed by atoms with Crippen molar-refractivity contribution < 1.29 is 19.3 Å². The molecule has 2 atom stereocenters. The summed E-state index contributed by atoms with van der Waals surface area (Å²) >= 11 is 0. The molecule has 1 aromatic rings. The van der Waals surface area contributed by atoms with E-state index in [0.717, 1.165) is 24.2 Å². The minimum Gasteiger partial charge on any atom is -0.493 e. The van der Waals surface area contributed by atoms with Gasteiger partial charge in [0.05, 0.1) is 25.9 Å². The lowest BCUT2D eigenvalue weighted by molar-refractivity contribution is -0.264. The lowest BCUT2D eigenvalue weighted by atomic mass is 9.69. The zero-order valence-corrected chi connectivity index (χ0v) is 25.1. The first kappa shape index (κ1) is 30.4. The van der Waals surface area contributed by atoms with Crippen LogP contribution in [0, 0.1) is 24.2 Å². The number of hydrogen-bond acceptors (Lipinski definition) is 4. The molecule has 1 saturated heterocycles.